The second kappa shape index (κ2) is 6.08. The monoisotopic (exact) mass is 337 g/mol. The Hall–Kier alpha value is -0.890. The third-order valence-corrected chi connectivity index (χ3v) is 4.47. The van der Waals surface area contributed by atoms with E-state index in [1.54, 1.807) is 18.2 Å². The molecule has 118 valence electrons. The number of alkyl halides is 1. The molecular weight excluding hydrogens is 321 g/mol. The highest BCUT2D eigenvalue weighted by molar-refractivity contribution is 7.84. The molecule has 1 saturated heterocycles. The van der Waals surface area contributed by atoms with Gasteiger partial charge in [-0.3, -0.25) is 4.18 Å². The first-order valence-electron chi connectivity index (χ1n) is 6.42. The van der Waals surface area contributed by atoms with Crippen molar-refractivity contribution in [1.82, 2.24) is 4.31 Å². The van der Waals surface area contributed by atoms with E-state index >= 15 is 0 Å². The van der Waals surface area contributed by atoms with Gasteiger partial charge in [-0.05, 0) is 32.0 Å². The lowest BCUT2D eigenvalue weighted by molar-refractivity contribution is 0.119. The molecule has 1 aliphatic heterocycles. The van der Waals surface area contributed by atoms with Crippen LogP contribution in [0.2, 0.25) is 5.02 Å². The maximum atomic E-state index is 13.5. The van der Waals surface area contributed by atoms with Crippen LogP contribution in [0, 0.1) is 0 Å². The van der Waals surface area contributed by atoms with Crippen molar-refractivity contribution in [3.05, 3.63) is 28.8 Å². The Morgan fingerprint density at radius 1 is 1.48 bits per heavy atom. The van der Waals surface area contributed by atoms with Crippen LogP contribution in [0.5, 0.6) is 5.75 Å². The third kappa shape index (κ3) is 4.54. The summed E-state index contributed by atoms with van der Waals surface area (Å²) in [7, 11) is -3.70. The second-order valence-corrected chi connectivity index (χ2v) is 7.42. The Morgan fingerprint density at radius 3 is 2.76 bits per heavy atom. The van der Waals surface area contributed by atoms with Crippen molar-refractivity contribution < 1.29 is 21.7 Å². The van der Waals surface area contributed by atoms with Crippen LogP contribution in [-0.4, -0.2) is 38.2 Å². The average molecular weight is 338 g/mol. The van der Waals surface area contributed by atoms with Crippen LogP contribution >= 0.6 is 11.6 Å². The van der Waals surface area contributed by atoms with E-state index in [-0.39, 0.29) is 26.3 Å². The third-order valence-electron chi connectivity index (χ3n) is 2.83. The average Bonchev–Trinajstić information content (AvgIpc) is 2.67. The molecule has 0 amide bonds. The number of nitrogens with zero attached hydrogens (tertiary/aromatic N) is 1. The number of ether oxygens (including phenoxy) is 1. The smallest absolute Gasteiger partial charge is 0.338 e. The van der Waals surface area contributed by atoms with Gasteiger partial charge in [0.2, 0.25) is 0 Å². The van der Waals surface area contributed by atoms with Gasteiger partial charge in [0.1, 0.15) is 18.0 Å². The zero-order valence-electron chi connectivity index (χ0n) is 11.8. The zero-order chi connectivity index (χ0) is 15.7. The summed E-state index contributed by atoms with van der Waals surface area (Å²) in [6, 6.07) is 4.82. The number of hydrogen-bond donors (Lipinski definition) is 0. The Morgan fingerprint density at radius 2 is 2.19 bits per heavy atom. The SMILES string of the molecule is CC(C)(F)COc1ccc(Cl)cc1CN1CCOS1(=O)=O. The number of benzene rings is 1. The minimum Gasteiger partial charge on any atom is -0.490 e. The van der Waals surface area contributed by atoms with Gasteiger partial charge in [0, 0.05) is 23.7 Å². The van der Waals surface area contributed by atoms with Crippen molar-refractivity contribution in [2.24, 2.45) is 0 Å². The van der Waals surface area contributed by atoms with Gasteiger partial charge >= 0.3 is 10.3 Å². The van der Waals surface area contributed by atoms with E-state index in [4.69, 9.17) is 16.3 Å². The number of rotatable bonds is 5. The summed E-state index contributed by atoms with van der Waals surface area (Å²) in [6.45, 7) is 3.14. The standard InChI is InChI=1S/C13H17ClFNO4S/c1-13(2,15)9-19-12-4-3-11(14)7-10(12)8-16-5-6-20-21(16,17)18/h3-4,7H,5-6,8-9H2,1-2H3. The normalized spacial score (nSPS) is 18.9. The van der Waals surface area contributed by atoms with Crippen molar-refractivity contribution >= 4 is 21.9 Å². The van der Waals surface area contributed by atoms with Crippen molar-refractivity contribution in [2.75, 3.05) is 19.8 Å². The number of halogens is 2. The van der Waals surface area contributed by atoms with Gasteiger partial charge < -0.3 is 4.74 Å². The molecule has 0 spiro atoms. The molecule has 0 unspecified atom stereocenters. The molecule has 1 aliphatic rings. The predicted molar refractivity (Wildman–Crippen MR) is 77.4 cm³/mol. The summed E-state index contributed by atoms with van der Waals surface area (Å²) in [4.78, 5) is 0. The van der Waals surface area contributed by atoms with E-state index < -0.39 is 16.0 Å². The molecule has 21 heavy (non-hydrogen) atoms. The van der Waals surface area contributed by atoms with Crippen LogP contribution < -0.4 is 4.74 Å². The highest BCUT2D eigenvalue weighted by Crippen LogP contribution is 2.27. The molecule has 0 radical (unpaired) electrons. The quantitative estimate of drug-likeness (QED) is 0.828. The van der Waals surface area contributed by atoms with Crippen LogP contribution in [0.1, 0.15) is 19.4 Å². The van der Waals surface area contributed by atoms with Crippen molar-refractivity contribution in [3.8, 4) is 5.75 Å². The first kappa shape index (κ1) is 16.5. The van der Waals surface area contributed by atoms with Crippen LogP contribution in [0.3, 0.4) is 0 Å². The molecule has 0 bridgehead atoms. The van der Waals surface area contributed by atoms with Gasteiger partial charge in [0.15, 0.2) is 0 Å². The van der Waals surface area contributed by atoms with E-state index in [0.717, 1.165) is 0 Å². The topological polar surface area (TPSA) is 55.8 Å². The first-order chi connectivity index (χ1) is 9.67. The predicted octanol–water partition coefficient (Wildman–Crippen LogP) is 2.54. The van der Waals surface area contributed by atoms with Crippen LogP contribution in [-0.2, 0) is 21.0 Å². The maximum Gasteiger partial charge on any atom is 0.338 e. The van der Waals surface area contributed by atoms with Crippen molar-refractivity contribution in [3.63, 3.8) is 0 Å². The summed E-state index contributed by atoms with van der Waals surface area (Å²) < 4.78 is 48.1. The van der Waals surface area contributed by atoms with Gasteiger partial charge in [-0.2, -0.15) is 12.7 Å². The molecule has 8 heteroatoms. The fourth-order valence-corrected chi connectivity index (χ4v) is 3.06. The van der Waals surface area contributed by atoms with E-state index in [1.807, 2.05) is 0 Å². The van der Waals surface area contributed by atoms with Gasteiger partial charge in [0.05, 0.1) is 6.61 Å². The fourth-order valence-electron chi connectivity index (χ4n) is 1.84. The molecule has 2 rings (SSSR count). The van der Waals surface area contributed by atoms with Crippen molar-refractivity contribution in [1.29, 1.82) is 0 Å². The summed E-state index contributed by atoms with van der Waals surface area (Å²) in [5.74, 6) is 0.409. The fraction of sp³-hybridized carbons (Fsp3) is 0.538. The van der Waals surface area contributed by atoms with Crippen LogP contribution in [0.25, 0.3) is 0 Å². The van der Waals surface area contributed by atoms with E-state index in [0.29, 0.717) is 16.3 Å². The number of hydrogen-bond acceptors (Lipinski definition) is 4. The lowest BCUT2D eigenvalue weighted by Crippen LogP contribution is -2.26. The minimum absolute atomic E-state index is 0.0743. The first-order valence-corrected chi connectivity index (χ1v) is 8.16. The summed E-state index contributed by atoms with van der Waals surface area (Å²) in [6.07, 6.45) is 0. The van der Waals surface area contributed by atoms with E-state index in [1.165, 1.54) is 18.2 Å². The summed E-state index contributed by atoms with van der Waals surface area (Å²) in [5, 5.41) is 0.453. The lowest BCUT2D eigenvalue weighted by Gasteiger charge is -2.19. The van der Waals surface area contributed by atoms with Crippen LogP contribution in [0.15, 0.2) is 18.2 Å². The summed E-state index contributed by atoms with van der Waals surface area (Å²) in [5.41, 5.74) is -0.916. The Balaban J connectivity index is 2.19. The zero-order valence-corrected chi connectivity index (χ0v) is 13.4. The largest absolute Gasteiger partial charge is 0.490 e. The minimum atomic E-state index is -3.70. The highest BCUT2D eigenvalue weighted by atomic mass is 35.5. The van der Waals surface area contributed by atoms with E-state index in [2.05, 4.69) is 4.18 Å². The molecule has 0 saturated carbocycles. The Bertz CT molecular complexity index is 615. The molecule has 0 N–H and O–H groups in total. The molecule has 5 nitrogen and oxygen atoms in total. The molecule has 1 heterocycles. The van der Waals surface area contributed by atoms with Crippen LogP contribution in [0.4, 0.5) is 4.39 Å². The van der Waals surface area contributed by atoms with E-state index in [9.17, 15) is 12.8 Å². The molecule has 0 aromatic heterocycles. The Labute approximate surface area is 128 Å². The summed E-state index contributed by atoms with van der Waals surface area (Å²) >= 11 is 5.93. The molecule has 0 aliphatic carbocycles. The lowest BCUT2D eigenvalue weighted by atomic mass is 10.1. The molecule has 1 aromatic rings. The maximum absolute atomic E-state index is 13.5. The molecule has 1 aromatic carbocycles. The Kier molecular flexibility index (Phi) is 4.77. The van der Waals surface area contributed by atoms with Gasteiger partial charge in [-0.15, -0.1) is 0 Å². The second-order valence-electron chi connectivity index (χ2n) is 5.37. The molecular formula is C13H17ClFNO4S. The molecule has 1 fully saturated rings. The van der Waals surface area contributed by atoms with Crippen molar-refractivity contribution in [2.45, 2.75) is 26.1 Å². The highest BCUT2D eigenvalue weighted by Gasteiger charge is 2.30. The van der Waals surface area contributed by atoms with Gasteiger partial charge in [-0.1, -0.05) is 11.6 Å². The van der Waals surface area contributed by atoms with Gasteiger partial charge in [-0.25, -0.2) is 4.39 Å². The molecule has 0 atom stereocenters. The van der Waals surface area contributed by atoms with Gasteiger partial charge in [0.25, 0.3) is 0 Å².